The molecule has 0 saturated heterocycles. The van der Waals surface area contributed by atoms with E-state index in [-0.39, 0.29) is 11.1 Å². The van der Waals surface area contributed by atoms with Gasteiger partial charge in [0.15, 0.2) is 6.40 Å². The molecule has 0 fully saturated rings. The summed E-state index contributed by atoms with van der Waals surface area (Å²) in [6.45, 7) is 9.64. The first-order valence-corrected chi connectivity index (χ1v) is 14.6. The molecule has 2 aliphatic rings. The van der Waals surface area contributed by atoms with Crippen molar-refractivity contribution in [2.45, 2.75) is 38.8 Å². The minimum absolute atomic E-state index is 0.0417. The molecule has 39 heavy (non-hydrogen) atoms. The van der Waals surface area contributed by atoms with Gasteiger partial charge in [0.05, 0.1) is 11.1 Å². The van der Waals surface area contributed by atoms with Crippen molar-refractivity contribution in [2.75, 3.05) is 13.2 Å². The topological polar surface area (TPSA) is 43.2 Å². The lowest BCUT2D eigenvalue weighted by Gasteiger charge is -2.23. The molecule has 0 atom stereocenters. The highest BCUT2D eigenvalue weighted by molar-refractivity contribution is 7.80. The molecule has 0 radical (unpaired) electrons. The molecule has 0 N–H and O–H groups in total. The summed E-state index contributed by atoms with van der Waals surface area (Å²) in [6.07, 6.45) is 1.51. The molecule has 0 aliphatic carbocycles. The summed E-state index contributed by atoms with van der Waals surface area (Å²) in [5, 5.41) is 4.02. The van der Waals surface area contributed by atoms with Crippen molar-refractivity contribution in [2.24, 2.45) is 9.98 Å². The Balaban J connectivity index is 0.000000384. The number of rotatable bonds is 5. The SMILES string of the molecule is CC1(C)COC(c2ccccc2-c2ccccc2P(c2ccccc2)c2ccccc2)=N1.CC1(C)COC=N1. The highest BCUT2D eigenvalue weighted by Gasteiger charge is 2.29. The fraction of sp³-hybridized carbons (Fsp3) is 0.235. The van der Waals surface area contributed by atoms with E-state index in [9.17, 15) is 0 Å². The second kappa shape index (κ2) is 11.6. The molecule has 0 bridgehead atoms. The van der Waals surface area contributed by atoms with Crippen molar-refractivity contribution >= 4 is 36.1 Å². The molecule has 2 heterocycles. The van der Waals surface area contributed by atoms with Crippen LogP contribution in [0.3, 0.4) is 0 Å². The zero-order valence-electron chi connectivity index (χ0n) is 23.0. The first kappa shape index (κ1) is 26.8. The maximum atomic E-state index is 6.04. The molecule has 0 saturated carbocycles. The second-order valence-electron chi connectivity index (χ2n) is 10.9. The van der Waals surface area contributed by atoms with Gasteiger partial charge in [-0.25, -0.2) is 9.98 Å². The fourth-order valence-corrected chi connectivity index (χ4v) is 7.03. The van der Waals surface area contributed by atoms with E-state index in [1.165, 1.54) is 33.4 Å². The Hall–Kier alpha value is -3.75. The normalized spacial score (nSPS) is 16.6. The molecule has 2 aliphatic heterocycles. The molecule has 198 valence electrons. The number of aliphatic imine (C=N–C) groups is 2. The Morgan fingerprint density at radius 3 is 1.62 bits per heavy atom. The van der Waals surface area contributed by atoms with Crippen molar-refractivity contribution in [3.05, 3.63) is 115 Å². The first-order valence-electron chi connectivity index (χ1n) is 13.3. The van der Waals surface area contributed by atoms with Crippen LogP contribution in [0.2, 0.25) is 0 Å². The van der Waals surface area contributed by atoms with Crippen LogP contribution in [-0.4, -0.2) is 36.6 Å². The van der Waals surface area contributed by atoms with Gasteiger partial charge in [-0.05, 0) is 68.7 Å². The molecule has 6 rings (SSSR count). The zero-order valence-corrected chi connectivity index (χ0v) is 23.9. The lowest BCUT2D eigenvalue weighted by Crippen LogP contribution is -2.22. The van der Waals surface area contributed by atoms with Crippen LogP contribution in [0, 0.1) is 0 Å². The van der Waals surface area contributed by atoms with E-state index in [4.69, 9.17) is 14.5 Å². The summed E-state index contributed by atoms with van der Waals surface area (Å²) in [4.78, 5) is 8.89. The van der Waals surface area contributed by atoms with E-state index in [0.29, 0.717) is 6.61 Å². The highest BCUT2D eigenvalue weighted by Crippen LogP contribution is 2.38. The number of benzene rings is 4. The average molecular weight is 535 g/mol. The van der Waals surface area contributed by atoms with Crippen molar-refractivity contribution in [1.29, 1.82) is 0 Å². The zero-order chi connectivity index (χ0) is 27.3. The molecule has 4 aromatic carbocycles. The van der Waals surface area contributed by atoms with E-state index >= 15 is 0 Å². The van der Waals surface area contributed by atoms with Gasteiger partial charge in [-0.3, -0.25) is 0 Å². The van der Waals surface area contributed by atoms with Gasteiger partial charge < -0.3 is 9.47 Å². The summed E-state index contributed by atoms with van der Waals surface area (Å²) in [5.74, 6) is 0.740. The third-order valence-electron chi connectivity index (χ3n) is 6.50. The molecular weight excluding hydrogens is 499 g/mol. The summed E-state index contributed by atoms with van der Waals surface area (Å²) >= 11 is 0. The van der Waals surface area contributed by atoms with E-state index in [1.54, 1.807) is 0 Å². The highest BCUT2D eigenvalue weighted by atomic mass is 31.1. The Kier molecular flexibility index (Phi) is 7.95. The monoisotopic (exact) mass is 534 g/mol. The summed E-state index contributed by atoms with van der Waals surface area (Å²) in [6, 6.07) is 38.9. The average Bonchev–Trinajstić information content (AvgIpc) is 3.54. The standard InChI is InChI=1S/C29H26NOP.C5H9NO/c1-29(2)21-31-28(30-29)26-19-10-9-17-24(26)25-18-11-12-20-27(25)32(22-13-5-3-6-14-22)23-15-7-4-8-16-23;1-5(2)3-7-4-6-5/h3-20H,21H2,1-2H3;4H,3H2,1-2H3. The Labute approximate surface area is 233 Å². The smallest absolute Gasteiger partial charge is 0.217 e. The van der Waals surface area contributed by atoms with Gasteiger partial charge in [-0.2, -0.15) is 0 Å². The van der Waals surface area contributed by atoms with Gasteiger partial charge in [0, 0.05) is 5.56 Å². The molecule has 0 spiro atoms. The van der Waals surface area contributed by atoms with E-state index in [2.05, 4.69) is 128 Å². The van der Waals surface area contributed by atoms with Gasteiger partial charge >= 0.3 is 0 Å². The quantitative estimate of drug-likeness (QED) is 0.275. The van der Waals surface area contributed by atoms with Crippen molar-refractivity contribution in [3.8, 4) is 11.1 Å². The number of hydrogen-bond acceptors (Lipinski definition) is 4. The lowest BCUT2D eigenvalue weighted by atomic mass is 9.99. The van der Waals surface area contributed by atoms with E-state index < -0.39 is 7.92 Å². The van der Waals surface area contributed by atoms with Crippen LogP contribution >= 0.6 is 7.92 Å². The minimum atomic E-state index is -0.715. The molecule has 0 unspecified atom stereocenters. The van der Waals surface area contributed by atoms with Gasteiger partial charge in [0.1, 0.15) is 13.2 Å². The van der Waals surface area contributed by atoms with Crippen LogP contribution < -0.4 is 15.9 Å². The predicted molar refractivity (Wildman–Crippen MR) is 166 cm³/mol. The number of ether oxygens (including phenoxy) is 2. The lowest BCUT2D eigenvalue weighted by molar-refractivity contribution is 0.279. The van der Waals surface area contributed by atoms with Crippen LogP contribution in [0.5, 0.6) is 0 Å². The van der Waals surface area contributed by atoms with E-state index in [0.717, 1.165) is 18.1 Å². The predicted octanol–water partition coefficient (Wildman–Crippen LogP) is 6.49. The van der Waals surface area contributed by atoms with Gasteiger partial charge in [0.2, 0.25) is 5.90 Å². The summed E-state index contributed by atoms with van der Waals surface area (Å²) < 4.78 is 10.9. The molecule has 5 heteroatoms. The Bertz CT molecular complexity index is 1420. The van der Waals surface area contributed by atoms with Crippen LogP contribution in [-0.2, 0) is 9.47 Å². The Morgan fingerprint density at radius 1 is 0.590 bits per heavy atom. The van der Waals surface area contributed by atoms with Crippen LogP contribution in [0.4, 0.5) is 0 Å². The van der Waals surface area contributed by atoms with E-state index in [1.807, 2.05) is 13.8 Å². The third kappa shape index (κ3) is 6.46. The minimum Gasteiger partial charge on any atom is -0.481 e. The maximum Gasteiger partial charge on any atom is 0.217 e. The fourth-order valence-electron chi connectivity index (χ4n) is 4.56. The van der Waals surface area contributed by atoms with Crippen molar-refractivity contribution < 1.29 is 9.47 Å². The second-order valence-corrected chi connectivity index (χ2v) is 13.1. The number of hydrogen-bond donors (Lipinski definition) is 0. The summed E-state index contributed by atoms with van der Waals surface area (Å²) in [7, 11) is -0.715. The van der Waals surface area contributed by atoms with Gasteiger partial charge in [-0.15, -0.1) is 0 Å². The van der Waals surface area contributed by atoms with Crippen LogP contribution in [0.25, 0.3) is 11.1 Å². The molecule has 4 nitrogen and oxygen atoms in total. The molecule has 0 aromatic heterocycles. The first-order chi connectivity index (χ1) is 18.8. The van der Waals surface area contributed by atoms with Crippen LogP contribution in [0.1, 0.15) is 33.3 Å². The van der Waals surface area contributed by atoms with Gasteiger partial charge in [0.25, 0.3) is 0 Å². The van der Waals surface area contributed by atoms with Crippen molar-refractivity contribution in [1.82, 2.24) is 0 Å². The molecule has 0 amide bonds. The number of nitrogens with zero attached hydrogens (tertiary/aromatic N) is 2. The van der Waals surface area contributed by atoms with Crippen molar-refractivity contribution in [3.63, 3.8) is 0 Å². The third-order valence-corrected chi connectivity index (χ3v) is 9.00. The largest absolute Gasteiger partial charge is 0.481 e. The van der Waals surface area contributed by atoms with Crippen LogP contribution in [0.15, 0.2) is 119 Å². The molecule has 4 aromatic rings. The molecular formula is C34H35N2O2P. The van der Waals surface area contributed by atoms with Gasteiger partial charge in [-0.1, -0.05) is 103 Å². The Morgan fingerprint density at radius 2 is 1.13 bits per heavy atom. The summed E-state index contributed by atoms with van der Waals surface area (Å²) in [5.41, 5.74) is 3.31. The maximum absolute atomic E-state index is 6.04.